The fourth-order valence-corrected chi connectivity index (χ4v) is 3.28. The molecule has 0 fully saturated rings. The van der Waals surface area contributed by atoms with Gasteiger partial charge in [0.25, 0.3) is 0 Å². The monoisotopic (exact) mass is 376 g/mol. The van der Waals surface area contributed by atoms with Gasteiger partial charge in [0.05, 0.1) is 17.8 Å². The van der Waals surface area contributed by atoms with Gasteiger partial charge < -0.3 is 4.74 Å². The molecule has 0 aliphatic carbocycles. The number of azo groups is 1. The van der Waals surface area contributed by atoms with Crippen LogP contribution in [0.2, 0.25) is 10.0 Å². The van der Waals surface area contributed by atoms with Gasteiger partial charge in [-0.1, -0.05) is 29.3 Å². The average molecular weight is 377 g/mol. The van der Waals surface area contributed by atoms with Crippen LogP contribution in [-0.4, -0.2) is 18.1 Å². The molecule has 1 heterocycles. The number of esters is 1. The standard InChI is InChI=1S/C19H18Cl2N2O2/c1-12(24)25-8-7-19(2)11-13-3-4-14(20)9-16(13)17-10-15(21)5-6-18(17)22-23-19/h3-6,9-10H,7-8,11H2,1-2H3. The summed E-state index contributed by atoms with van der Waals surface area (Å²) in [7, 11) is 0. The normalized spacial score (nSPS) is 18.7. The summed E-state index contributed by atoms with van der Waals surface area (Å²) >= 11 is 12.4. The van der Waals surface area contributed by atoms with Gasteiger partial charge in [0, 0.05) is 29.0 Å². The first-order chi connectivity index (χ1) is 11.9. The summed E-state index contributed by atoms with van der Waals surface area (Å²) in [5, 5.41) is 10.3. The highest BCUT2D eigenvalue weighted by molar-refractivity contribution is 6.31. The Balaban J connectivity index is 2.06. The van der Waals surface area contributed by atoms with Crippen molar-refractivity contribution in [3.63, 3.8) is 0 Å². The molecule has 1 unspecified atom stereocenters. The highest BCUT2D eigenvalue weighted by Crippen LogP contribution is 2.41. The minimum Gasteiger partial charge on any atom is -0.466 e. The van der Waals surface area contributed by atoms with Crippen LogP contribution in [0.1, 0.15) is 25.8 Å². The van der Waals surface area contributed by atoms with Crippen LogP contribution in [-0.2, 0) is 16.0 Å². The summed E-state index contributed by atoms with van der Waals surface area (Å²) in [6.45, 7) is 3.72. The molecule has 1 aliphatic rings. The Bertz CT molecular complexity index is 851. The van der Waals surface area contributed by atoms with Gasteiger partial charge >= 0.3 is 5.97 Å². The van der Waals surface area contributed by atoms with Crippen LogP contribution < -0.4 is 0 Å². The van der Waals surface area contributed by atoms with Crippen LogP contribution in [0.15, 0.2) is 46.6 Å². The average Bonchev–Trinajstić information content (AvgIpc) is 2.54. The third kappa shape index (κ3) is 4.20. The fourth-order valence-electron chi connectivity index (χ4n) is 2.94. The number of fused-ring (bicyclic) bond motifs is 3. The van der Waals surface area contributed by atoms with Crippen molar-refractivity contribution in [3.8, 4) is 11.1 Å². The fraction of sp³-hybridized carbons (Fsp3) is 0.316. The lowest BCUT2D eigenvalue weighted by atomic mass is 9.86. The van der Waals surface area contributed by atoms with E-state index in [9.17, 15) is 4.79 Å². The topological polar surface area (TPSA) is 51.0 Å². The highest BCUT2D eigenvalue weighted by atomic mass is 35.5. The van der Waals surface area contributed by atoms with E-state index >= 15 is 0 Å². The van der Waals surface area contributed by atoms with E-state index in [1.54, 1.807) is 6.07 Å². The lowest BCUT2D eigenvalue weighted by Crippen LogP contribution is -2.28. The molecule has 3 rings (SSSR count). The Morgan fingerprint density at radius 2 is 1.84 bits per heavy atom. The Hall–Kier alpha value is -1.91. The van der Waals surface area contributed by atoms with E-state index in [-0.39, 0.29) is 5.97 Å². The van der Waals surface area contributed by atoms with E-state index in [0.29, 0.717) is 29.5 Å². The van der Waals surface area contributed by atoms with Gasteiger partial charge in [-0.2, -0.15) is 10.2 Å². The summed E-state index contributed by atoms with van der Waals surface area (Å²) in [5.41, 5.74) is 3.29. The zero-order chi connectivity index (χ0) is 18.0. The maximum Gasteiger partial charge on any atom is 0.302 e. The quantitative estimate of drug-likeness (QED) is 0.615. The third-order valence-electron chi connectivity index (χ3n) is 4.24. The van der Waals surface area contributed by atoms with Crippen molar-refractivity contribution in [3.05, 3.63) is 52.0 Å². The van der Waals surface area contributed by atoms with Crippen LogP contribution in [0.25, 0.3) is 11.1 Å². The Morgan fingerprint density at radius 3 is 2.56 bits per heavy atom. The van der Waals surface area contributed by atoms with E-state index in [4.69, 9.17) is 27.9 Å². The Kier molecular flexibility index (Phi) is 5.11. The number of carbonyl (C=O) groups is 1. The van der Waals surface area contributed by atoms with Crippen LogP contribution >= 0.6 is 23.2 Å². The van der Waals surface area contributed by atoms with Crippen LogP contribution in [0, 0.1) is 0 Å². The van der Waals surface area contributed by atoms with Gasteiger partial charge in [-0.05, 0) is 54.8 Å². The number of benzene rings is 2. The third-order valence-corrected chi connectivity index (χ3v) is 4.71. The molecule has 0 bridgehead atoms. The molecule has 2 aromatic carbocycles. The minimum absolute atomic E-state index is 0.293. The van der Waals surface area contributed by atoms with Crippen LogP contribution in [0.3, 0.4) is 0 Å². The lowest BCUT2D eigenvalue weighted by Gasteiger charge is -2.27. The minimum atomic E-state index is -0.477. The van der Waals surface area contributed by atoms with Crippen molar-refractivity contribution >= 4 is 34.9 Å². The molecule has 2 aromatic rings. The number of nitrogens with zero attached hydrogens (tertiary/aromatic N) is 2. The molecule has 6 heteroatoms. The number of hydrogen-bond acceptors (Lipinski definition) is 4. The van der Waals surface area contributed by atoms with Gasteiger partial charge in [0.15, 0.2) is 0 Å². The molecule has 130 valence electrons. The second-order valence-corrected chi connectivity index (χ2v) is 7.30. The summed E-state index contributed by atoms with van der Waals surface area (Å²) in [6, 6.07) is 11.3. The predicted octanol–water partition coefficient (Wildman–Crippen LogP) is 6.01. The van der Waals surface area contributed by atoms with Gasteiger partial charge in [0.2, 0.25) is 0 Å². The first-order valence-corrected chi connectivity index (χ1v) is 8.76. The predicted molar refractivity (Wildman–Crippen MR) is 99.8 cm³/mol. The van der Waals surface area contributed by atoms with Crippen LogP contribution in [0.4, 0.5) is 5.69 Å². The Morgan fingerprint density at radius 1 is 1.16 bits per heavy atom. The molecule has 1 atom stereocenters. The van der Waals surface area contributed by atoms with Gasteiger partial charge in [-0.3, -0.25) is 4.79 Å². The van der Waals surface area contributed by atoms with Gasteiger partial charge in [-0.15, -0.1) is 0 Å². The van der Waals surface area contributed by atoms with Crippen molar-refractivity contribution in [1.82, 2.24) is 0 Å². The van der Waals surface area contributed by atoms with E-state index < -0.39 is 5.54 Å². The van der Waals surface area contributed by atoms with E-state index in [1.165, 1.54) is 6.92 Å². The molecule has 0 spiro atoms. The maximum atomic E-state index is 11.0. The zero-order valence-corrected chi connectivity index (χ0v) is 15.6. The summed E-state index contributed by atoms with van der Waals surface area (Å²) < 4.78 is 5.10. The molecular formula is C19H18Cl2N2O2. The van der Waals surface area contributed by atoms with Crippen molar-refractivity contribution in [2.45, 2.75) is 32.2 Å². The molecule has 0 N–H and O–H groups in total. The lowest BCUT2D eigenvalue weighted by molar-refractivity contribution is -0.141. The molecule has 0 radical (unpaired) electrons. The SMILES string of the molecule is CC(=O)OCCC1(C)Cc2ccc(Cl)cc2-c2cc(Cl)ccc2N=N1. The van der Waals surface area contributed by atoms with Gasteiger partial charge in [-0.25, -0.2) is 0 Å². The second kappa shape index (κ2) is 7.14. The second-order valence-electron chi connectivity index (χ2n) is 6.43. The molecule has 0 amide bonds. The molecule has 25 heavy (non-hydrogen) atoms. The maximum absolute atomic E-state index is 11.0. The van der Waals surface area contributed by atoms with E-state index in [2.05, 4.69) is 10.2 Å². The molecule has 0 aromatic heterocycles. The molecule has 0 saturated heterocycles. The molecule has 1 aliphatic heterocycles. The number of carbonyl (C=O) groups excluding carboxylic acids is 1. The summed E-state index contributed by atoms with van der Waals surface area (Å²) in [6.07, 6.45) is 1.25. The van der Waals surface area contributed by atoms with Crippen molar-refractivity contribution in [1.29, 1.82) is 0 Å². The largest absolute Gasteiger partial charge is 0.466 e. The summed E-state index contributed by atoms with van der Waals surface area (Å²) in [5.74, 6) is -0.293. The molecular weight excluding hydrogens is 359 g/mol. The summed E-state index contributed by atoms with van der Waals surface area (Å²) in [4.78, 5) is 11.0. The van der Waals surface area contributed by atoms with Crippen molar-refractivity contribution < 1.29 is 9.53 Å². The molecule has 4 nitrogen and oxygen atoms in total. The molecule has 0 saturated carbocycles. The number of halogens is 2. The van der Waals surface area contributed by atoms with E-state index in [1.807, 2.05) is 37.3 Å². The van der Waals surface area contributed by atoms with Crippen molar-refractivity contribution in [2.24, 2.45) is 10.2 Å². The number of hydrogen-bond donors (Lipinski definition) is 0. The van der Waals surface area contributed by atoms with E-state index in [0.717, 1.165) is 22.4 Å². The van der Waals surface area contributed by atoms with Crippen molar-refractivity contribution in [2.75, 3.05) is 6.61 Å². The number of rotatable bonds is 3. The van der Waals surface area contributed by atoms with Gasteiger partial charge in [0.1, 0.15) is 0 Å². The number of ether oxygens (including phenoxy) is 1. The Labute approximate surface area is 156 Å². The van der Waals surface area contributed by atoms with Crippen LogP contribution in [0.5, 0.6) is 0 Å². The zero-order valence-electron chi connectivity index (χ0n) is 14.1. The smallest absolute Gasteiger partial charge is 0.302 e. The first kappa shape index (κ1) is 17.9. The first-order valence-electron chi connectivity index (χ1n) is 8.01. The highest BCUT2D eigenvalue weighted by Gasteiger charge is 2.28.